The van der Waals surface area contributed by atoms with Crippen LogP contribution < -0.4 is 19.7 Å². The normalized spacial score (nSPS) is 18.9. The predicted molar refractivity (Wildman–Crippen MR) is 134 cm³/mol. The first-order valence-corrected chi connectivity index (χ1v) is 11.5. The summed E-state index contributed by atoms with van der Waals surface area (Å²) in [6, 6.07) is 19.8. The predicted octanol–water partition coefficient (Wildman–Crippen LogP) is 4.79. The quantitative estimate of drug-likeness (QED) is 0.431. The van der Waals surface area contributed by atoms with E-state index in [9.17, 15) is 0 Å². The van der Waals surface area contributed by atoms with E-state index in [0.717, 1.165) is 45.6 Å². The monoisotopic (exact) mass is 469 g/mol. The molecule has 0 unspecified atom stereocenters. The van der Waals surface area contributed by atoms with Crippen LogP contribution >= 0.6 is 12.2 Å². The smallest absolute Gasteiger partial charge is 0.231 e. The van der Waals surface area contributed by atoms with E-state index in [1.807, 2.05) is 67.0 Å². The van der Waals surface area contributed by atoms with Crippen molar-refractivity contribution in [3.8, 4) is 17.3 Å². The van der Waals surface area contributed by atoms with E-state index in [0.29, 0.717) is 5.11 Å². The number of ether oxygens (including phenoxy) is 2. The molecule has 0 aliphatic carbocycles. The molecule has 4 aromatic rings. The van der Waals surface area contributed by atoms with Gasteiger partial charge in [0.15, 0.2) is 16.6 Å². The van der Waals surface area contributed by atoms with Gasteiger partial charge in [0.25, 0.3) is 0 Å². The second-order valence-electron chi connectivity index (χ2n) is 8.38. The fraction of sp³-hybridized carbons (Fsp3) is 0.192. The number of benzene rings is 1. The molecule has 0 amide bonds. The van der Waals surface area contributed by atoms with Gasteiger partial charge >= 0.3 is 0 Å². The highest BCUT2D eigenvalue weighted by Gasteiger charge is 2.42. The van der Waals surface area contributed by atoms with Crippen LogP contribution in [0.2, 0.25) is 0 Å². The van der Waals surface area contributed by atoms with Gasteiger partial charge in [-0.3, -0.25) is 4.98 Å². The van der Waals surface area contributed by atoms with Gasteiger partial charge in [-0.25, -0.2) is 4.98 Å². The van der Waals surface area contributed by atoms with Crippen molar-refractivity contribution in [1.29, 1.82) is 0 Å². The fourth-order valence-corrected chi connectivity index (χ4v) is 5.26. The van der Waals surface area contributed by atoms with Gasteiger partial charge in [0.1, 0.15) is 5.82 Å². The van der Waals surface area contributed by atoms with Crippen LogP contribution in [0, 0.1) is 13.8 Å². The number of nitrogens with zero attached hydrogens (tertiary/aromatic N) is 4. The fourth-order valence-electron chi connectivity index (χ4n) is 4.91. The minimum Gasteiger partial charge on any atom is -0.454 e. The van der Waals surface area contributed by atoms with Gasteiger partial charge in [-0.1, -0.05) is 12.1 Å². The molecule has 2 atom stereocenters. The third kappa shape index (κ3) is 3.30. The maximum absolute atomic E-state index is 5.88. The van der Waals surface area contributed by atoms with E-state index < -0.39 is 0 Å². The Morgan fingerprint density at radius 1 is 0.941 bits per heavy atom. The molecule has 2 aliphatic heterocycles. The molecule has 170 valence electrons. The third-order valence-corrected chi connectivity index (χ3v) is 6.71. The number of rotatable bonds is 4. The lowest BCUT2D eigenvalue weighted by atomic mass is 9.96. The van der Waals surface area contributed by atoms with Gasteiger partial charge in [0, 0.05) is 35.5 Å². The highest BCUT2D eigenvalue weighted by Crippen LogP contribution is 2.45. The Morgan fingerprint density at radius 2 is 1.74 bits per heavy atom. The lowest BCUT2D eigenvalue weighted by molar-refractivity contribution is 0.174. The minimum absolute atomic E-state index is 0.119. The first-order chi connectivity index (χ1) is 16.6. The van der Waals surface area contributed by atoms with Crippen LogP contribution in [-0.2, 0) is 0 Å². The number of anilines is 1. The SMILES string of the molecule is Cc1cc([C@@H]2[C@@H](c3ccccn3)NC(=S)N2c2ccc3c(c2)OCO3)c(C)n1-c1ccccn1. The number of fused-ring (bicyclic) bond motifs is 1. The van der Waals surface area contributed by atoms with Crippen LogP contribution in [0.1, 0.15) is 34.7 Å². The number of aromatic nitrogens is 3. The summed E-state index contributed by atoms with van der Waals surface area (Å²) in [5.41, 5.74) is 5.24. The Labute approximate surface area is 203 Å². The zero-order chi connectivity index (χ0) is 23.2. The molecule has 0 radical (unpaired) electrons. The maximum atomic E-state index is 5.88. The highest BCUT2D eigenvalue weighted by molar-refractivity contribution is 7.80. The van der Waals surface area contributed by atoms with Crippen molar-refractivity contribution in [3.05, 3.63) is 95.7 Å². The number of pyridine rings is 2. The Hall–Kier alpha value is -3.91. The summed E-state index contributed by atoms with van der Waals surface area (Å²) in [5, 5.41) is 4.17. The van der Waals surface area contributed by atoms with E-state index in [4.69, 9.17) is 21.7 Å². The Morgan fingerprint density at radius 3 is 2.50 bits per heavy atom. The molecule has 1 fully saturated rings. The van der Waals surface area contributed by atoms with E-state index in [1.54, 1.807) is 0 Å². The molecule has 3 aromatic heterocycles. The largest absolute Gasteiger partial charge is 0.454 e. The van der Waals surface area contributed by atoms with Crippen LogP contribution in [0.25, 0.3) is 5.82 Å². The third-order valence-electron chi connectivity index (χ3n) is 6.40. The molecular formula is C26H23N5O2S. The molecule has 0 bridgehead atoms. The van der Waals surface area contributed by atoms with E-state index in [2.05, 4.69) is 44.7 Å². The molecule has 1 saturated heterocycles. The van der Waals surface area contributed by atoms with Crippen LogP contribution in [0.5, 0.6) is 11.5 Å². The molecule has 5 heterocycles. The number of aryl methyl sites for hydroxylation is 1. The van der Waals surface area contributed by atoms with Crippen molar-refractivity contribution in [2.75, 3.05) is 11.7 Å². The standard InChI is InChI=1S/C26H23N5O2S/c1-16-13-19(17(2)30(16)23-8-4-6-12-28-23)25-24(20-7-3-5-11-27-20)29-26(34)31(25)18-9-10-21-22(14-18)33-15-32-21/h3-14,24-25H,15H2,1-2H3,(H,29,34)/t24-,25-/m1/s1. The van der Waals surface area contributed by atoms with Crippen molar-refractivity contribution in [3.63, 3.8) is 0 Å². The van der Waals surface area contributed by atoms with Gasteiger partial charge in [-0.15, -0.1) is 0 Å². The van der Waals surface area contributed by atoms with Crippen LogP contribution in [0.15, 0.2) is 73.1 Å². The van der Waals surface area contributed by atoms with Crippen molar-refractivity contribution in [2.24, 2.45) is 0 Å². The molecular weight excluding hydrogens is 446 g/mol. The Bertz CT molecular complexity index is 1370. The van der Waals surface area contributed by atoms with Gasteiger partial charge in [0.05, 0.1) is 17.8 Å². The van der Waals surface area contributed by atoms with Crippen molar-refractivity contribution < 1.29 is 9.47 Å². The van der Waals surface area contributed by atoms with Crippen molar-refractivity contribution >= 4 is 23.0 Å². The second kappa shape index (κ2) is 8.14. The lowest BCUT2D eigenvalue weighted by Crippen LogP contribution is -2.29. The summed E-state index contributed by atoms with van der Waals surface area (Å²) in [4.78, 5) is 11.4. The Balaban J connectivity index is 1.51. The molecule has 8 heteroatoms. The molecule has 7 nitrogen and oxygen atoms in total. The molecule has 1 aromatic carbocycles. The zero-order valence-electron chi connectivity index (χ0n) is 18.8. The van der Waals surface area contributed by atoms with Crippen LogP contribution in [0.3, 0.4) is 0 Å². The minimum atomic E-state index is -0.128. The number of hydrogen-bond donors (Lipinski definition) is 1. The van der Waals surface area contributed by atoms with Gasteiger partial charge in [0.2, 0.25) is 6.79 Å². The first kappa shape index (κ1) is 20.7. The van der Waals surface area contributed by atoms with Gasteiger partial charge in [-0.05, 0) is 74.1 Å². The number of thiocarbonyl (C=S) groups is 1. The van der Waals surface area contributed by atoms with Gasteiger partial charge < -0.3 is 24.3 Å². The maximum Gasteiger partial charge on any atom is 0.231 e. The Kier molecular flexibility index (Phi) is 4.95. The topological polar surface area (TPSA) is 64.4 Å². The molecule has 2 aliphatic rings. The van der Waals surface area contributed by atoms with Crippen molar-refractivity contribution in [2.45, 2.75) is 25.9 Å². The van der Waals surface area contributed by atoms with Crippen LogP contribution in [-0.4, -0.2) is 26.4 Å². The molecule has 34 heavy (non-hydrogen) atoms. The molecule has 1 N–H and O–H groups in total. The second-order valence-corrected chi connectivity index (χ2v) is 8.77. The average Bonchev–Trinajstić information content (AvgIpc) is 3.54. The summed E-state index contributed by atoms with van der Waals surface area (Å²) in [7, 11) is 0. The van der Waals surface area contributed by atoms with Crippen molar-refractivity contribution in [1.82, 2.24) is 19.9 Å². The molecule has 6 rings (SSSR count). The highest BCUT2D eigenvalue weighted by atomic mass is 32.1. The summed E-state index contributed by atoms with van der Waals surface area (Å²) >= 11 is 5.88. The summed E-state index contributed by atoms with van der Waals surface area (Å²) in [5.74, 6) is 2.36. The zero-order valence-corrected chi connectivity index (χ0v) is 19.6. The first-order valence-electron chi connectivity index (χ1n) is 11.1. The molecule has 0 spiro atoms. The van der Waals surface area contributed by atoms with E-state index in [1.165, 1.54) is 0 Å². The molecule has 0 saturated carbocycles. The van der Waals surface area contributed by atoms with Gasteiger partial charge in [-0.2, -0.15) is 0 Å². The van der Waals surface area contributed by atoms with E-state index in [-0.39, 0.29) is 18.9 Å². The lowest BCUT2D eigenvalue weighted by Gasteiger charge is -2.28. The summed E-state index contributed by atoms with van der Waals surface area (Å²) in [6.07, 6.45) is 3.63. The van der Waals surface area contributed by atoms with E-state index >= 15 is 0 Å². The number of nitrogens with one attached hydrogen (secondary N) is 1. The average molecular weight is 470 g/mol. The summed E-state index contributed by atoms with van der Waals surface area (Å²) < 4.78 is 13.4. The summed E-state index contributed by atoms with van der Waals surface area (Å²) in [6.45, 7) is 4.46. The number of hydrogen-bond acceptors (Lipinski definition) is 5. The van der Waals surface area contributed by atoms with Crippen LogP contribution in [0.4, 0.5) is 5.69 Å².